The number of rotatable bonds is 7. The van der Waals surface area contributed by atoms with Crippen molar-refractivity contribution in [3.05, 3.63) is 60.4 Å². The average Bonchev–Trinajstić information content (AvgIpc) is 3.09. The molecule has 0 amide bonds. The van der Waals surface area contributed by atoms with Crippen LogP contribution in [0, 0.1) is 5.82 Å². The van der Waals surface area contributed by atoms with Crippen molar-refractivity contribution in [2.75, 3.05) is 11.5 Å². The fourth-order valence-electron chi connectivity index (χ4n) is 2.13. The van der Waals surface area contributed by atoms with Crippen molar-refractivity contribution in [2.45, 2.75) is 16.5 Å². The van der Waals surface area contributed by atoms with E-state index in [2.05, 4.69) is 10.2 Å². The lowest BCUT2D eigenvalue weighted by molar-refractivity contribution is 0.465. The van der Waals surface area contributed by atoms with Crippen LogP contribution in [0.15, 0.2) is 69.1 Å². The van der Waals surface area contributed by atoms with Gasteiger partial charge in [0, 0.05) is 11.3 Å². The topological polar surface area (TPSA) is 73.1 Å². The van der Waals surface area contributed by atoms with Crippen LogP contribution in [-0.2, 0) is 9.84 Å². The maximum absolute atomic E-state index is 12.9. The molecule has 3 aromatic rings. The molecule has 0 unspecified atom stereocenters. The molecule has 0 fully saturated rings. The second-order valence-electron chi connectivity index (χ2n) is 5.21. The van der Waals surface area contributed by atoms with E-state index in [1.165, 1.54) is 23.9 Å². The van der Waals surface area contributed by atoms with Crippen LogP contribution in [0.4, 0.5) is 4.39 Å². The Morgan fingerprint density at radius 2 is 1.72 bits per heavy atom. The summed E-state index contributed by atoms with van der Waals surface area (Å²) in [6.45, 7) is 0. The number of hydrogen-bond donors (Lipinski definition) is 0. The fourth-order valence-corrected chi connectivity index (χ4v) is 4.35. The molecule has 1 aromatic heterocycles. The minimum absolute atomic E-state index is 0.0585. The Hall–Kier alpha value is -2.19. The van der Waals surface area contributed by atoms with Crippen molar-refractivity contribution in [2.24, 2.45) is 0 Å². The number of nitrogens with zero attached hydrogens (tertiary/aromatic N) is 2. The summed E-state index contributed by atoms with van der Waals surface area (Å²) in [5.41, 5.74) is 0.632. The van der Waals surface area contributed by atoms with Gasteiger partial charge in [-0.25, -0.2) is 12.8 Å². The van der Waals surface area contributed by atoms with E-state index < -0.39 is 9.84 Å². The SMILES string of the molecule is O=S(=O)(CCCSc1nnc(-c2ccc(F)cc2)o1)c1ccccc1. The Morgan fingerprint density at radius 1 is 1.00 bits per heavy atom. The molecular formula is C17H15FN2O3S2. The van der Waals surface area contributed by atoms with Gasteiger partial charge in [0.25, 0.3) is 5.22 Å². The Bertz CT molecular complexity index is 926. The highest BCUT2D eigenvalue weighted by Crippen LogP contribution is 2.24. The van der Waals surface area contributed by atoms with Gasteiger partial charge in [-0.3, -0.25) is 0 Å². The maximum Gasteiger partial charge on any atom is 0.276 e. The van der Waals surface area contributed by atoms with Crippen molar-refractivity contribution in [1.29, 1.82) is 0 Å². The first-order valence-electron chi connectivity index (χ1n) is 7.55. The molecule has 130 valence electrons. The van der Waals surface area contributed by atoms with Crippen LogP contribution in [0.3, 0.4) is 0 Å². The van der Waals surface area contributed by atoms with Gasteiger partial charge in [0.2, 0.25) is 5.89 Å². The van der Waals surface area contributed by atoms with E-state index in [0.29, 0.717) is 33.7 Å². The van der Waals surface area contributed by atoms with Crippen LogP contribution in [0.5, 0.6) is 0 Å². The fraction of sp³-hybridized carbons (Fsp3) is 0.176. The maximum atomic E-state index is 12.9. The first-order chi connectivity index (χ1) is 12.0. The number of halogens is 1. The minimum Gasteiger partial charge on any atom is -0.411 e. The highest BCUT2D eigenvalue weighted by atomic mass is 32.2. The van der Waals surface area contributed by atoms with Crippen LogP contribution < -0.4 is 0 Å². The third-order valence-electron chi connectivity index (χ3n) is 3.38. The summed E-state index contributed by atoms with van der Waals surface area (Å²) < 4.78 is 42.7. The standard InChI is InChI=1S/C17H15FN2O3S2/c18-14-9-7-13(8-10-14)16-19-20-17(23-16)24-11-4-12-25(21,22)15-5-2-1-3-6-15/h1-3,5-10H,4,11-12H2. The minimum atomic E-state index is -3.27. The lowest BCUT2D eigenvalue weighted by Crippen LogP contribution is -2.07. The van der Waals surface area contributed by atoms with Crippen LogP contribution in [-0.4, -0.2) is 30.1 Å². The normalized spacial score (nSPS) is 11.6. The molecule has 0 saturated carbocycles. The Balaban J connectivity index is 1.52. The van der Waals surface area contributed by atoms with Crippen LogP contribution in [0.2, 0.25) is 0 Å². The highest BCUT2D eigenvalue weighted by Gasteiger charge is 2.14. The van der Waals surface area contributed by atoms with E-state index in [9.17, 15) is 12.8 Å². The second-order valence-corrected chi connectivity index (χ2v) is 8.37. The number of sulfone groups is 1. The highest BCUT2D eigenvalue weighted by molar-refractivity contribution is 7.99. The zero-order valence-corrected chi connectivity index (χ0v) is 14.8. The predicted octanol–water partition coefficient (Wildman–Crippen LogP) is 3.83. The van der Waals surface area contributed by atoms with Crippen LogP contribution in [0.25, 0.3) is 11.5 Å². The third kappa shape index (κ3) is 4.67. The summed E-state index contributed by atoms with van der Waals surface area (Å²) in [6.07, 6.45) is 0.468. The van der Waals surface area contributed by atoms with Gasteiger partial charge in [0.1, 0.15) is 5.82 Å². The van der Waals surface area contributed by atoms with Gasteiger partial charge in [-0.05, 0) is 42.8 Å². The van der Waals surface area contributed by atoms with Crippen molar-refractivity contribution < 1.29 is 17.2 Å². The Labute approximate surface area is 149 Å². The van der Waals surface area contributed by atoms with E-state index in [0.717, 1.165) is 0 Å². The molecule has 0 aliphatic rings. The van der Waals surface area contributed by atoms with Crippen molar-refractivity contribution in [1.82, 2.24) is 10.2 Å². The van der Waals surface area contributed by atoms with Gasteiger partial charge in [0.05, 0.1) is 10.6 Å². The molecule has 25 heavy (non-hydrogen) atoms. The zero-order valence-electron chi connectivity index (χ0n) is 13.1. The quantitative estimate of drug-likeness (QED) is 0.459. The van der Waals surface area contributed by atoms with E-state index in [1.54, 1.807) is 42.5 Å². The number of hydrogen-bond acceptors (Lipinski definition) is 6. The van der Waals surface area contributed by atoms with E-state index in [-0.39, 0.29) is 11.6 Å². The molecule has 0 N–H and O–H groups in total. The number of benzene rings is 2. The van der Waals surface area contributed by atoms with Crippen molar-refractivity contribution in [3.63, 3.8) is 0 Å². The number of thioether (sulfide) groups is 1. The first-order valence-corrected chi connectivity index (χ1v) is 10.2. The molecule has 3 rings (SSSR count). The number of aromatic nitrogens is 2. The van der Waals surface area contributed by atoms with Gasteiger partial charge < -0.3 is 4.42 Å². The van der Waals surface area contributed by atoms with Gasteiger partial charge in [-0.2, -0.15) is 0 Å². The molecule has 0 atom stereocenters. The molecule has 0 aliphatic carbocycles. The van der Waals surface area contributed by atoms with E-state index >= 15 is 0 Å². The van der Waals surface area contributed by atoms with Gasteiger partial charge >= 0.3 is 0 Å². The van der Waals surface area contributed by atoms with E-state index in [1.807, 2.05) is 0 Å². The van der Waals surface area contributed by atoms with Gasteiger partial charge in [0.15, 0.2) is 9.84 Å². The average molecular weight is 378 g/mol. The summed E-state index contributed by atoms with van der Waals surface area (Å²) in [5, 5.41) is 8.18. The molecule has 5 nitrogen and oxygen atoms in total. The van der Waals surface area contributed by atoms with Gasteiger partial charge in [-0.15, -0.1) is 10.2 Å². The zero-order chi connectivity index (χ0) is 17.7. The molecule has 0 saturated heterocycles. The van der Waals surface area contributed by atoms with Crippen molar-refractivity contribution in [3.8, 4) is 11.5 Å². The van der Waals surface area contributed by atoms with Crippen LogP contribution in [0.1, 0.15) is 6.42 Å². The summed E-state index contributed by atoms with van der Waals surface area (Å²) >= 11 is 1.30. The lowest BCUT2D eigenvalue weighted by Gasteiger charge is -2.03. The van der Waals surface area contributed by atoms with Crippen molar-refractivity contribution >= 4 is 21.6 Å². The summed E-state index contributed by atoms with van der Waals surface area (Å²) in [7, 11) is -3.27. The molecule has 0 aliphatic heterocycles. The smallest absolute Gasteiger partial charge is 0.276 e. The Kier molecular flexibility index (Phi) is 5.50. The molecule has 0 radical (unpaired) electrons. The summed E-state index contributed by atoms with van der Waals surface area (Å²) in [5.74, 6) is 0.567. The molecular weight excluding hydrogens is 363 g/mol. The molecule has 2 aromatic carbocycles. The summed E-state index contributed by atoms with van der Waals surface area (Å²) in [4.78, 5) is 0.330. The van der Waals surface area contributed by atoms with Gasteiger partial charge in [-0.1, -0.05) is 30.0 Å². The monoisotopic (exact) mass is 378 g/mol. The largest absolute Gasteiger partial charge is 0.411 e. The molecule has 8 heteroatoms. The predicted molar refractivity (Wildman–Crippen MR) is 93.5 cm³/mol. The second kappa shape index (κ2) is 7.79. The molecule has 0 spiro atoms. The summed E-state index contributed by atoms with van der Waals surface area (Å²) in [6, 6.07) is 14.1. The van der Waals surface area contributed by atoms with Crippen LogP contribution >= 0.6 is 11.8 Å². The lowest BCUT2D eigenvalue weighted by atomic mass is 10.2. The Morgan fingerprint density at radius 3 is 2.44 bits per heavy atom. The third-order valence-corrected chi connectivity index (χ3v) is 6.10. The first kappa shape index (κ1) is 17.6. The molecule has 1 heterocycles. The van der Waals surface area contributed by atoms with E-state index in [4.69, 9.17) is 4.42 Å². The molecule has 0 bridgehead atoms.